The number of alkyl halides is 2. The second-order valence-corrected chi connectivity index (χ2v) is 8.15. The number of anilines is 1. The summed E-state index contributed by atoms with van der Waals surface area (Å²) >= 11 is 3.89. The van der Waals surface area contributed by atoms with Crippen molar-refractivity contribution in [2.24, 2.45) is 0 Å². The maximum Gasteiger partial charge on any atom is 0.274 e. The molecule has 0 unspecified atom stereocenters. The first kappa shape index (κ1) is 21.2. The highest BCUT2D eigenvalue weighted by molar-refractivity contribution is 7.85. The van der Waals surface area contributed by atoms with Crippen LogP contribution in [0.5, 0.6) is 0 Å². The molecule has 1 amide bonds. The number of nitrogens with one attached hydrogen (secondary N) is 1. The van der Waals surface area contributed by atoms with E-state index in [9.17, 15) is 13.6 Å². The second-order valence-electron chi connectivity index (χ2n) is 7.93. The van der Waals surface area contributed by atoms with Crippen molar-refractivity contribution in [3.63, 3.8) is 0 Å². The highest BCUT2D eigenvalue weighted by Gasteiger charge is 2.48. The van der Waals surface area contributed by atoms with Crippen LogP contribution in [-0.4, -0.2) is 31.4 Å². The van der Waals surface area contributed by atoms with Gasteiger partial charge in [0.15, 0.2) is 0 Å². The molecule has 5 rings (SSSR count). The van der Waals surface area contributed by atoms with E-state index in [0.29, 0.717) is 22.6 Å². The van der Waals surface area contributed by atoms with E-state index in [-0.39, 0.29) is 30.5 Å². The van der Waals surface area contributed by atoms with Crippen molar-refractivity contribution in [1.82, 2.24) is 19.5 Å². The van der Waals surface area contributed by atoms with E-state index >= 15 is 0 Å². The Hall–Kier alpha value is -3.71. The fourth-order valence-corrected chi connectivity index (χ4v) is 3.86. The molecule has 1 fully saturated rings. The van der Waals surface area contributed by atoms with Gasteiger partial charge in [-0.05, 0) is 35.9 Å². The van der Waals surface area contributed by atoms with Crippen molar-refractivity contribution in [2.75, 3.05) is 5.32 Å². The number of rotatable bonds is 4. The molecule has 7 nitrogen and oxygen atoms in total. The summed E-state index contributed by atoms with van der Waals surface area (Å²) in [6, 6.07) is 8.85. The Morgan fingerprint density at radius 3 is 2.88 bits per heavy atom. The third-order valence-electron chi connectivity index (χ3n) is 5.57. The summed E-state index contributed by atoms with van der Waals surface area (Å²) in [5.74, 6) is -0.128. The fraction of sp³-hybridized carbons (Fsp3) is 0.217. The highest BCUT2D eigenvalue weighted by atomic mass is 32.1. The number of aromatic nitrogens is 4. The molecule has 33 heavy (non-hydrogen) atoms. The first-order chi connectivity index (χ1) is 15.8. The predicted octanol–water partition coefficient (Wildman–Crippen LogP) is 4.70. The zero-order valence-corrected chi connectivity index (χ0v) is 18.2. The molecule has 1 saturated carbocycles. The van der Waals surface area contributed by atoms with Crippen LogP contribution in [0.4, 0.5) is 14.5 Å². The number of thiol groups is 1. The first-order valence-corrected chi connectivity index (χ1v) is 10.5. The molecule has 1 N–H and O–H groups in total. The first-order valence-electron chi connectivity index (χ1n) is 10.1. The maximum atomic E-state index is 13.1. The van der Waals surface area contributed by atoms with Gasteiger partial charge in [-0.25, -0.2) is 13.8 Å². The van der Waals surface area contributed by atoms with Crippen LogP contribution in [0, 0.1) is 18.1 Å². The Morgan fingerprint density at radius 2 is 2.12 bits per heavy atom. The molecule has 0 saturated heterocycles. The van der Waals surface area contributed by atoms with Gasteiger partial charge < -0.3 is 9.84 Å². The lowest BCUT2D eigenvalue weighted by atomic mass is 9.81. The Labute approximate surface area is 192 Å². The predicted molar refractivity (Wildman–Crippen MR) is 120 cm³/mol. The van der Waals surface area contributed by atoms with Crippen molar-refractivity contribution >= 4 is 29.9 Å². The molecular formula is C23H17F2N5O2S. The average Bonchev–Trinajstić information content (AvgIpc) is 3.41. The maximum absolute atomic E-state index is 13.1. The number of hydrogen-bond acceptors (Lipinski definition) is 6. The molecule has 1 aliphatic rings. The lowest BCUT2D eigenvalue weighted by molar-refractivity contribution is -0.0925. The van der Waals surface area contributed by atoms with Crippen molar-refractivity contribution in [2.45, 2.75) is 31.6 Å². The van der Waals surface area contributed by atoms with E-state index in [0.717, 1.165) is 11.1 Å². The van der Waals surface area contributed by atoms with E-state index in [1.165, 1.54) is 6.20 Å². The fourth-order valence-electron chi connectivity index (χ4n) is 3.73. The summed E-state index contributed by atoms with van der Waals surface area (Å²) < 4.78 is 33.1. The summed E-state index contributed by atoms with van der Waals surface area (Å²) in [6.07, 6.45) is 2.64. The van der Waals surface area contributed by atoms with Crippen molar-refractivity contribution in [1.29, 1.82) is 0 Å². The normalized spacial score (nSPS) is 15.0. The zero-order chi connectivity index (χ0) is 23.2. The van der Waals surface area contributed by atoms with Crippen molar-refractivity contribution in [3.8, 4) is 22.6 Å². The van der Waals surface area contributed by atoms with Crippen LogP contribution in [0.3, 0.4) is 0 Å². The van der Waals surface area contributed by atoms with Gasteiger partial charge in [0, 0.05) is 41.8 Å². The van der Waals surface area contributed by atoms with E-state index in [4.69, 9.17) is 4.52 Å². The van der Waals surface area contributed by atoms with Gasteiger partial charge in [-0.1, -0.05) is 35.8 Å². The van der Waals surface area contributed by atoms with Gasteiger partial charge in [-0.2, -0.15) is 4.98 Å². The van der Waals surface area contributed by atoms with Crippen LogP contribution in [0.25, 0.3) is 17.0 Å². The highest BCUT2D eigenvalue weighted by Crippen LogP contribution is 2.47. The molecule has 4 aromatic rings. The Bertz CT molecular complexity index is 1440. The zero-order valence-electron chi connectivity index (χ0n) is 17.3. The summed E-state index contributed by atoms with van der Waals surface area (Å²) in [5, 5.41) is 9.35. The van der Waals surface area contributed by atoms with E-state index < -0.39 is 11.8 Å². The molecule has 3 heterocycles. The van der Waals surface area contributed by atoms with E-state index in [2.05, 4.69) is 44.2 Å². The van der Waals surface area contributed by atoms with E-state index in [1.807, 2.05) is 13.0 Å². The lowest BCUT2D eigenvalue weighted by Crippen LogP contribution is -2.33. The quantitative estimate of drug-likeness (QED) is 0.337. The number of carbonyl (C=O) groups is 1. The lowest BCUT2D eigenvalue weighted by Gasteiger charge is -2.31. The standard InChI is InChI=1S/C23H17F2N5O2S/c1-13-2-3-15(20-28-22(32-29-20)16-10-23(24,25)11-16)9-17(13)27-21(31)18-12-26-19-8-14(5-7-33)4-6-30(18)19/h2-4,6,8-9,12,16,33H,10-11H2,1H3,(H,27,31). The monoisotopic (exact) mass is 465 g/mol. The molecule has 166 valence electrons. The van der Waals surface area contributed by atoms with Gasteiger partial charge in [-0.3, -0.25) is 9.20 Å². The molecule has 0 bridgehead atoms. The number of halogens is 2. The minimum Gasteiger partial charge on any atom is -0.339 e. The molecule has 0 spiro atoms. The van der Waals surface area contributed by atoms with Crippen LogP contribution in [0.2, 0.25) is 0 Å². The SMILES string of the molecule is Cc1ccc(-c2noc(C3CC(F)(F)C3)n2)cc1NC(=O)c1cnc2cc(C#CS)ccn12. The van der Waals surface area contributed by atoms with Crippen LogP contribution in [0.15, 0.2) is 47.2 Å². The van der Waals surface area contributed by atoms with Crippen LogP contribution >= 0.6 is 12.6 Å². The number of amides is 1. The molecule has 0 aliphatic heterocycles. The Balaban J connectivity index is 1.38. The second kappa shape index (κ2) is 8.01. The minimum atomic E-state index is -2.67. The number of benzene rings is 1. The van der Waals surface area contributed by atoms with Gasteiger partial charge >= 0.3 is 0 Å². The summed E-state index contributed by atoms with van der Waals surface area (Å²) in [5.41, 5.74) is 3.67. The topological polar surface area (TPSA) is 85.3 Å². The molecule has 1 aromatic carbocycles. The molecule has 3 aromatic heterocycles. The van der Waals surface area contributed by atoms with E-state index in [1.54, 1.807) is 34.9 Å². The van der Waals surface area contributed by atoms with Gasteiger partial charge in [-0.15, -0.1) is 0 Å². The van der Waals surface area contributed by atoms with Gasteiger partial charge in [0.2, 0.25) is 17.6 Å². The number of carbonyl (C=O) groups excluding carboxylic acids is 1. The Kier molecular flexibility index (Phi) is 5.13. The summed E-state index contributed by atoms with van der Waals surface area (Å²) in [7, 11) is 0. The van der Waals surface area contributed by atoms with Crippen LogP contribution in [0.1, 0.15) is 46.3 Å². The summed E-state index contributed by atoms with van der Waals surface area (Å²) in [6.45, 7) is 1.86. The molecule has 0 radical (unpaired) electrons. The van der Waals surface area contributed by atoms with Crippen molar-refractivity contribution in [3.05, 3.63) is 65.4 Å². The van der Waals surface area contributed by atoms with Gasteiger partial charge in [0.05, 0.1) is 6.20 Å². The molecular weight excluding hydrogens is 448 g/mol. The third kappa shape index (κ3) is 4.07. The number of imidazole rings is 1. The molecule has 1 aliphatic carbocycles. The summed E-state index contributed by atoms with van der Waals surface area (Å²) in [4.78, 5) is 21.5. The van der Waals surface area contributed by atoms with Gasteiger partial charge in [0.1, 0.15) is 11.3 Å². The smallest absolute Gasteiger partial charge is 0.274 e. The van der Waals surface area contributed by atoms with Gasteiger partial charge in [0.25, 0.3) is 5.91 Å². The van der Waals surface area contributed by atoms with Crippen molar-refractivity contribution < 1.29 is 18.1 Å². The largest absolute Gasteiger partial charge is 0.339 e. The average molecular weight is 465 g/mol. The molecule has 10 heteroatoms. The third-order valence-corrected chi connectivity index (χ3v) is 5.68. The van der Waals surface area contributed by atoms with Crippen LogP contribution < -0.4 is 5.32 Å². The van der Waals surface area contributed by atoms with Crippen LogP contribution in [-0.2, 0) is 0 Å². The number of pyridine rings is 1. The number of aryl methyl sites for hydroxylation is 1. The number of hydrogen-bond donors (Lipinski definition) is 2. The number of nitrogens with zero attached hydrogens (tertiary/aromatic N) is 4. The minimum absolute atomic E-state index is 0.204. The Morgan fingerprint density at radius 1 is 1.30 bits per heavy atom. The number of fused-ring (bicyclic) bond motifs is 1. The molecule has 0 atom stereocenters.